The molecule has 20 heavy (non-hydrogen) atoms. The normalized spacial score (nSPS) is 8.55. The number of nitrogens with one attached hydrogen (secondary N) is 3. The maximum atomic E-state index is 11.5. The van der Waals surface area contributed by atoms with Gasteiger partial charge in [-0.2, -0.15) is 6.92 Å². The third kappa shape index (κ3) is 7.90. The molecule has 9 heteroatoms. The molecule has 2 amide bonds. The third-order valence-corrected chi connectivity index (χ3v) is 1.88. The zero-order valence-corrected chi connectivity index (χ0v) is 14.2. The molecule has 1 aromatic heterocycles. The summed E-state index contributed by atoms with van der Waals surface area (Å²) in [6.07, 6.45) is 1.50. The molecule has 0 aliphatic heterocycles. The van der Waals surface area contributed by atoms with Crippen molar-refractivity contribution in [2.75, 3.05) is 5.32 Å². The monoisotopic (exact) mass is 355 g/mol. The molecule has 0 fully saturated rings. The maximum Gasteiger partial charge on any atom is 0.254 e. The van der Waals surface area contributed by atoms with Gasteiger partial charge in [0.1, 0.15) is 11.7 Å². The summed E-state index contributed by atoms with van der Waals surface area (Å²) in [5, 5.41) is 2.04. The first kappa shape index (κ1) is 20.9. The van der Waals surface area contributed by atoms with Crippen molar-refractivity contribution < 1.29 is 47.1 Å². The number of amides is 2. The Balaban J connectivity index is 0. The van der Waals surface area contributed by atoms with E-state index in [1.165, 1.54) is 20.1 Å². The summed E-state index contributed by atoms with van der Waals surface area (Å²) in [5.41, 5.74) is 6.81. The summed E-state index contributed by atoms with van der Waals surface area (Å²) in [7, 11) is 0. The average molecular weight is 355 g/mol. The van der Waals surface area contributed by atoms with Gasteiger partial charge in [-0.25, -0.2) is 4.98 Å². The minimum absolute atomic E-state index is 0. The van der Waals surface area contributed by atoms with Crippen molar-refractivity contribution in [2.45, 2.75) is 27.2 Å². The van der Waals surface area contributed by atoms with Crippen LogP contribution in [0.1, 0.15) is 25.1 Å². The SMILES string of the molecule is CC(=O)Cc1c(C)nc(NC([NH-])=O)[nH]c1=O.C[C-]=O.[Y]. The Morgan fingerprint density at radius 2 is 1.95 bits per heavy atom. The second kappa shape index (κ2) is 10.4. The molecule has 8 nitrogen and oxygen atoms in total. The fraction of sp³-hybridized carbons (Fsp3) is 0.364. The predicted molar refractivity (Wildman–Crippen MR) is 68.7 cm³/mol. The molecule has 0 spiro atoms. The molecule has 107 valence electrons. The van der Waals surface area contributed by atoms with E-state index in [-0.39, 0.29) is 56.4 Å². The number of urea groups is 1. The van der Waals surface area contributed by atoms with E-state index in [9.17, 15) is 14.4 Å². The summed E-state index contributed by atoms with van der Waals surface area (Å²) < 4.78 is 0. The second-order valence-corrected chi connectivity index (χ2v) is 3.52. The summed E-state index contributed by atoms with van der Waals surface area (Å²) in [6.45, 7) is 4.26. The Kier molecular flexibility index (Phi) is 10.9. The van der Waals surface area contributed by atoms with Gasteiger partial charge in [0, 0.05) is 50.4 Å². The van der Waals surface area contributed by atoms with Gasteiger partial charge in [0.2, 0.25) is 0 Å². The smallest absolute Gasteiger partial charge is 0.254 e. The molecular formula is C11H14N4O4Y-2. The van der Waals surface area contributed by atoms with E-state index in [1.807, 2.05) is 5.32 Å². The first-order chi connectivity index (χ1) is 8.81. The van der Waals surface area contributed by atoms with E-state index in [2.05, 4.69) is 9.97 Å². The summed E-state index contributed by atoms with van der Waals surface area (Å²) in [4.78, 5) is 47.7. The number of ketones is 1. The molecule has 1 aromatic rings. The van der Waals surface area contributed by atoms with Crippen molar-refractivity contribution in [1.82, 2.24) is 9.97 Å². The van der Waals surface area contributed by atoms with Crippen LogP contribution in [0.3, 0.4) is 0 Å². The first-order valence-corrected chi connectivity index (χ1v) is 5.22. The van der Waals surface area contributed by atoms with Gasteiger partial charge in [-0.05, 0) is 13.8 Å². The number of carbonyl (C=O) groups excluding carboxylic acids is 3. The molecular weight excluding hydrogens is 341 g/mol. The molecule has 0 aromatic carbocycles. The quantitative estimate of drug-likeness (QED) is 0.778. The Morgan fingerprint density at radius 1 is 1.45 bits per heavy atom. The number of anilines is 1. The number of aromatic amines is 1. The van der Waals surface area contributed by atoms with Crippen LogP contribution in [-0.4, -0.2) is 28.1 Å². The zero-order chi connectivity index (χ0) is 15.0. The number of hydrogen-bond donors (Lipinski definition) is 2. The Hall–Kier alpha value is -1.41. The molecule has 0 atom stereocenters. The van der Waals surface area contributed by atoms with Crippen molar-refractivity contribution in [3.05, 3.63) is 27.3 Å². The molecule has 1 heterocycles. The van der Waals surface area contributed by atoms with E-state index in [4.69, 9.17) is 10.5 Å². The van der Waals surface area contributed by atoms with Gasteiger partial charge >= 0.3 is 0 Å². The number of rotatable bonds is 3. The molecule has 1 radical (unpaired) electrons. The fourth-order valence-electron chi connectivity index (χ4n) is 1.23. The molecule has 0 aliphatic rings. The number of aryl methyl sites for hydroxylation is 1. The summed E-state index contributed by atoms with van der Waals surface area (Å²) in [6, 6.07) is -1.07. The van der Waals surface area contributed by atoms with Crippen molar-refractivity contribution in [2.24, 2.45) is 0 Å². The van der Waals surface area contributed by atoms with Crippen LogP contribution >= 0.6 is 0 Å². The van der Waals surface area contributed by atoms with Gasteiger partial charge in [0.05, 0.1) is 0 Å². The molecule has 0 saturated heterocycles. The van der Waals surface area contributed by atoms with Crippen LogP contribution in [0.4, 0.5) is 10.7 Å². The van der Waals surface area contributed by atoms with Crippen LogP contribution in [-0.2, 0) is 48.7 Å². The third-order valence-electron chi connectivity index (χ3n) is 1.88. The van der Waals surface area contributed by atoms with Crippen LogP contribution in [0, 0.1) is 6.92 Å². The summed E-state index contributed by atoms with van der Waals surface area (Å²) >= 11 is 0. The molecule has 0 unspecified atom stereocenters. The number of hydrogen-bond acceptors (Lipinski definition) is 5. The molecule has 1 rings (SSSR count). The van der Waals surface area contributed by atoms with Crippen molar-refractivity contribution in [1.29, 1.82) is 0 Å². The van der Waals surface area contributed by atoms with Crippen LogP contribution < -0.4 is 10.9 Å². The maximum absolute atomic E-state index is 11.5. The largest absolute Gasteiger partial charge is 0.542 e. The van der Waals surface area contributed by atoms with Crippen LogP contribution in [0.2, 0.25) is 0 Å². The van der Waals surface area contributed by atoms with Gasteiger partial charge in [-0.15, -0.1) is 0 Å². The van der Waals surface area contributed by atoms with Gasteiger partial charge in [-0.1, -0.05) is 0 Å². The topological polar surface area (TPSA) is 133 Å². The van der Waals surface area contributed by atoms with Crippen LogP contribution in [0.25, 0.3) is 5.73 Å². The molecule has 0 saturated carbocycles. The number of H-pyrrole nitrogens is 1. The Morgan fingerprint density at radius 3 is 2.30 bits per heavy atom. The van der Waals surface area contributed by atoms with Gasteiger partial charge in [0.15, 0.2) is 6.03 Å². The summed E-state index contributed by atoms with van der Waals surface area (Å²) in [5.74, 6) is -0.234. The van der Waals surface area contributed by atoms with Gasteiger partial charge in [-0.3, -0.25) is 20.7 Å². The zero-order valence-electron chi connectivity index (χ0n) is 11.4. The number of nitrogens with zero attached hydrogens (tertiary/aromatic N) is 1. The van der Waals surface area contributed by atoms with Crippen molar-refractivity contribution in [3.8, 4) is 0 Å². The molecule has 0 aliphatic carbocycles. The fourth-order valence-corrected chi connectivity index (χ4v) is 1.23. The van der Waals surface area contributed by atoms with Crippen molar-refractivity contribution in [3.63, 3.8) is 0 Å². The Labute approximate surface area is 140 Å². The minimum Gasteiger partial charge on any atom is -0.542 e. The first-order valence-electron chi connectivity index (χ1n) is 5.22. The van der Waals surface area contributed by atoms with E-state index < -0.39 is 11.6 Å². The van der Waals surface area contributed by atoms with E-state index in [0.717, 1.165) is 0 Å². The average Bonchev–Trinajstić information content (AvgIpc) is 2.23. The van der Waals surface area contributed by atoms with E-state index >= 15 is 0 Å². The molecule has 3 N–H and O–H groups in total. The van der Waals surface area contributed by atoms with E-state index in [1.54, 1.807) is 6.92 Å². The number of Topliss-reactive ketones (excluding diaryl/α,β-unsaturated/α-hetero) is 1. The minimum atomic E-state index is -1.07. The molecule has 0 bridgehead atoms. The van der Waals surface area contributed by atoms with Gasteiger partial charge < -0.3 is 20.8 Å². The van der Waals surface area contributed by atoms with Gasteiger partial charge in [0.25, 0.3) is 5.56 Å². The predicted octanol–water partition coefficient (Wildman–Crippen LogP) is 0.907. The van der Waals surface area contributed by atoms with E-state index in [0.29, 0.717) is 5.69 Å². The van der Waals surface area contributed by atoms with Crippen LogP contribution in [0.5, 0.6) is 0 Å². The van der Waals surface area contributed by atoms with Crippen LogP contribution in [0.15, 0.2) is 4.79 Å². The second-order valence-electron chi connectivity index (χ2n) is 3.52. The van der Waals surface area contributed by atoms with Crippen molar-refractivity contribution >= 4 is 24.0 Å². The number of aromatic nitrogens is 2. The Bertz CT molecular complexity index is 542. The standard InChI is InChI=1S/C9H12N4O3.C2H3O.Y/c1-4(14)3-6-5(2)11-9(12-7(6)15)13-8(10)16;1-2-3;/h3H2,1-2H3,(H4,10,11,12,13,15,16);1H3;/q;-1;/p-1. The number of carbonyl (C=O) groups is 2.